The van der Waals surface area contributed by atoms with Crippen LogP contribution in [0.5, 0.6) is 0 Å². The molecule has 1 rings (SSSR count). The van der Waals surface area contributed by atoms with Crippen LogP contribution in [0.15, 0.2) is 17.2 Å². The van der Waals surface area contributed by atoms with Crippen molar-refractivity contribution in [3.8, 4) is 0 Å². The average molecular weight is 323 g/mol. The van der Waals surface area contributed by atoms with Crippen LogP contribution in [-0.2, 0) is 20.3 Å². The van der Waals surface area contributed by atoms with E-state index >= 15 is 0 Å². The molecule has 1 N–H and O–H groups in total. The molecule has 1 amide bonds. The van der Waals surface area contributed by atoms with Gasteiger partial charge in [0.2, 0.25) is 0 Å². The van der Waals surface area contributed by atoms with E-state index in [2.05, 4.69) is 5.32 Å². The molecule has 0 fully saturated rings. The van der Waals surface area contributed by atoms with E-state index in [0.717, 1.165) is 0 Å². The van der Waals surface area contributed by atoms with Crippen molar-refractivity contribution >= 4 is 25.6 Å². The van der Waals surface area contributed by atoms with Crippen molar-refractivity contribution in [2.24, 2.45) is 0 Å². The fourth-order valence-electron chi connectivity index (χ4n) is 1.79. The predicted molar refractivity (Wildman–Crippen MR) is 76.6 cm³/mol. The van der Waals surface area contributed by atoms with Crippen LogP contribution in [0.3, 0.4) is 0 Å². The molecule has 0 aliphatic rings. The Kier molecular flexibility index (Phi) is 6.04. The highest BCUT2D eigenvalue weighted by Gasteiger charge is 2.20. The van der Waals surface area contributed by atoms with Crippen molar-refractivity contribution in [2.75, 3.05) is 13.7 Å². The molecule has 1 aromatic heterocycles. The third-order valence-electron chi connectivity index (χ3n) is 2.92. The Hall–Kier alpha value is -1.05. The van der Waals surface area contributed by atoms with Crippen molar-refractivity contribution in [1.29, 1.82) is 0 Å². The Bertz CT molecular complexity index is 568. The molecule has 1 unspecified atom stereocenters. The van der Waals surface area contributed by atoms with Crippen molar-refractivity contribution in [3.63, 3.8) is 0 Å². The molecule has 8 heteroatoms. The number of rotatable bonds is 7. The summed E-state index contributed by atoms with van der Waals surface area (Å²) in [5, 5.41) is 2.80. The molecule has 1 aromatic rings. The lowest BCUT2D eigenvalue weighted by Gasteiger charge is -2.16. The lowest BCUT2D eigenvalue weighted by molar-refractivity contribution is 0.0885. The van der Waals surface area contributed by atoms with E-state index < -0.39 is 9.05 Å². The highest BCUT2D eigenvalue weighted by molar-refractivity contribution is 8.13. The van der Waals surface area contributed by atoms with Gasteiger partial charge >= 0.3 is 0 Å². The third-order valence-corrected chi connectivity index (χ3v) is 4.24. The Morgan fingerprint density at radius 1 is 1.50 bits per heavy atom. The molecule has 0 aliphatic heterocycles. The Balaban J connectivity index is 3.00. The molecule has 114 valence electrons. The van der Waals surface area contributed by atoms with Crippen molar-refractivity contribution < 1.29 is 17.9 Å². The molecule has 0 radical (unpaired) electrons. The molecule has 1 heterocycles. The zero-order valence-electron chi connectivity index (χ0n) is 11.7. The summed E-state index contributed by atoms with van der Waals surface area (Å²) in [7, 11) is 3.01. The van der Waals surface area contributed by atoms with Gasteiger partial charge in [0.25, 0.3) is 15.0 Å². The standard InChI is InChI=1S/C12H19ClN2O4S/c1-4-9(8-19-3)14-12(16)11-6-10(20(13,17)18)7-15(11)5-2/h6-7,9H,4-5,8H2,1-3H3,(H,14,16). The lowest BCUT2D eigenvalue weighted by atomic mass is 10.2. The fraction of sp³-hybridized carbons (Fsp3) is 0.583. The SMILES string of the molecule is CCC(COC)NC(=O)c1cc(S(=O)(=O)Cl)cn1CC. The van der Waals surface area contributed by atoms with Crippen LogP contribution in [0.2, 0.25) is 0 Å². The monoisotopic (exact) mass is 322 g/mol. The van der Waals surface area contributed by atoms with Crippen LogP contribution in [0.4, 0.5) is 0 Å². The van der Waals surface area contributed by atoms with Gasteiger partial charge < -0.3 is 14.6 Å². The van der Waals surface area contributed by atoms with E-state index in [1.54, 1.807) is 11.7 Å². The summed E-state index contributed by atoms with van der Waals surface area (Å²) < 4.78 is 29.2. The third kappa shape index (κ3) is 4.22. The van der Waals surface area contributed by atoms with Gasteiger partial charge in [0.1, 0.15) is 10.6 Å². The zero-order chi connectivity index (χ0) is 15.3. The first-order valence-electron chi connectivity index (χ1n) is 6.28. The number of halogens is 1. The largest absolute Gasteiger partial charge is 0.383 e. The van der Waals surface area contributed by atoms with Gasteiger partial charge in [0.15, 0.2) is 0 Å². The predicted octanol–water partition coefficient (Wildman–Crippen LogP) is 1.59. The minimum absolute atomic E-state index is 0.0778. The van der Waals surface area contributed by atoms with Crippen LogP contribution in [0, 0.1) is 0 Å². The van der Waals surface area contributed by atoms with Crippen LogP contribution < -0.4 is 5.32 Å². The molecule has 0 saturated heterocycles. The summed E-state index contributed by atoms with van der Waals surface area (Å²) in [6.07, 6.45) is 2.07. The molecule has 1 atom stereocenters. The number of nitrogens with zero attached hydrogens (tertiary/aromatic N) is 1. The highest BCUT2D eigenvalue weighted by atomic mass is 35.7. The molecule has 0 saturated carbocycles. The number of hydrogen-bond acceptors (Lipinski definition) is 4. The number of nitrogens with one attached hydrogen (secondary N) is 1. The number of amides is 1. The van der Waals surface area contributed by atoms with Gasteiger partial charge in [-0.2, -0.15) is 0 Å². The molecule has 0 aromatic carbocycles. The molecule has 20 heavy (non-hydrogen) atoms. The van der Waals surface area contributed by atoms with Gasteiger partial charge in [0.05, 0.1) is 12.6 Å². The van der Waals surface area contributed by atoms with Gasteiger partial charge in [0, 0.05) is 30.5 Å². The maximum atomic E-state index is 12.2. The number of carbonyl (C=O) groups is 1. The number of aromatic nitrogens is 1. The summed E-state index contributed by atoms with van der Waals surface area (Å²) in [5.41, 5.74) is 0.265. The summed E-state index contributed by atoms with van der Waals surface area (Å²) in [6.45, 7) is 4.61. The second kappa shape index (κ2) is 7.10. The number of carbonyl (C=O) groups excluding carboxylic acids is 1. The minimum atomic E-state index is -3.85. The summed E-state index contributed by atoms with van der Waals surface area (Å²) >= 11 is 0. The van der Waals surface area contributed by atoms with E-state index in [1.807, 2.05) is 13.8 Å². The topological polar surface area (TPSA) is 77.4 Å². The van der Waals surface area contributed by atoms with Crippen LogP contribution in [-0.4, -0.2) is 38.7 Å². The first-order valence-corrected chi connectivity index (χ1v) is 8.59. The summed E-state index contributed by atoms with van der Waals surface area (Å²) in [4.78, 5) is 12.1. The van der Waals surface area contributed by atoms with Gasteiger partial charge in [-0.3, -0.25) is 4.79 Å². The van der Waals surface area contributed by atoms with Gasteiger partial charge in [-0.25, -0.2) is 8.42 Å². The maximum Gasteiger partial charge on any atom is 0.268 e. The first kappa shape index (κ1) is 17.0. The highest BCUT2D eigenvalue weighted by Crippen LogP contribution is 2.18. The normalized spacial score (nSPS) is 13.2. The summed E-state index contributed by atoms with van der Waals surface area (Å²) in [6, 6.07) is 1.16. The van der Waals surface area contributed by atoms with E-state index in [4.69, 9.17) is 15.4 Å². The quantitative estimate of drug-likeness (QED) is 0.773. The van der Waals surface area contributed by atoms with Crippen molar-refractivity contribution in [2.45, 2.75) is 37.8 Å². The number of ether oxygens (including phenoxy) is 1. The average Bonchev–Trinajstić information content (AvgIpc) is 2.82. The van der Waals surface area contributed by atoms with Crippen LogP contribution in [0.1, 0.15) is 30.8 Å². The smallest absolute Gasteiger partial charge is 0.268 e. The molecule has 6 nitrogen and oxygen atoms in total. The van der Waals surface area contributed by atoms with Crippen molar-refractivity contribution in [1.82, 2.24) is 9.88 Å². The molecule has 0 spiro atoms. The van der Waals surface area contributed by atoms with E-state index in [9.17, 15) is 13.2 Å². The molecular formula is C12H19ClN2O4S. The Labute approximate surface area is 123 Å². The van der Waals surface area contributed by atoms with E-state index in [-0.39, 0.29) is 22.5 Å². The second-order valence-electron chi connectivity index (χ2n) is 4.32. The van der Waals surface area contributed by atoms with E-state index in [1.165, 1.54) is 12.3 Å². The van der Waals surface area contributed by atoms with Crippen LogP contribution in [0.25, 0.3) is 0 Å². The maximum absolute atomic E-state index is 12.2. The molecule has 0 bridgehead atoms. The summed E-state index contributed by atoms with van der Waals surface area (Å²) in [5.74, 6) is -0.345. The fourth-order valence-corrected chi connectivity index (χ4v) is 2.55. The first-order chi connectivity index (χ1) is 9.33. The molecular weight excluding hydrogens is 304 g/mol. The van der Waals surface area contributed by atoms with Gasteiger partial charge in [-0.1, -0.05) is 6.92 Å². The Morgan fingerprint density at radius 2 is 2.15 bits per heavy atom. The minimum Gasteiger partial charge on any atom is -0.383 e. The van der Waals surface area contributed by atoms with Crippen molar-refractivity contribution in [3.05, 3.63) is 18.0 Å². The van der Waals surface area contributed by atoms with Crippen LogP contribution >= 0.6 is 10.7 Å². The van der Waals surface area contributed by atoms with E-state index in [0.29, 0.717) is 19.6 Å². The van der Waals surface area contributed by atoms with Gasteiger partial charge in [-0.15, -0.1) is 0 Å². The zero-order valence-corrected chi connectivity index (χ0v) is 13.3. The second-order valence-corrected chi connectivity index (χ2v) is 6.88. The number of methoxy groups -OCH3 is 1. The Morgan fingerprint density at radius 3 is 2.60 bits per heavy atom. The number of hydrogen-bond donors (Lipinski definition) is 1. The number of aryl methyl sites for hydroxylation is 1. The lowest BCUT2D eigenvalue weighted by Crippen LogP contribution is -2.38. The van der Waals surface area contributed by atoms with Gasteiger partial charge in [-0.05, 0) is 19.4 Å². The molecule has 0 aliphatic carbocycles.